The second kappa shape index (κ2) is 9.38. The Labute approximate surface area is 150 Å². The maximum absolute atomic E-state index is 11.2. The molecule has 0 radical (unpaired) electrons. The maximum atomic E-state index is 11.2. The van der Waals surface area contributed by atoms with Crippen LogP contribution in [0.4, 0.5) is 0 Å². The van der Waals surface area contributed by atoms with Crippen LogP contribution in [0.2, 0.25) is 0 Å². The van der Waals surface area contributed by atoms with Crippen LogP contribution in [0.3, 0.4) is 0 Å². The maximum Gasteiger partial charge on any atom is 0.212 e. The van der Waals surface area contributed by atoms with Crippen molar-refractivity contribution in [2.75, 3.05) is 18.8 Å². The van der Waals surface area contributed by atoms with E-state index in [0.29, 0.717) is 6.54 Å². The SMILES string of the molecule is CCS(=O)(=O)NCC#CC=CCN[C@H](C)c1cccc2ccccc12. The fraction of sp³-hybridized carbons (Fsp3) is 0.300. The van der Waals surface area contributed by atoms with E-state index in [2.05, 4.69) is 65.2 Å². The van der Waals surface area contributed by atoms with E-state index in [4.69, 9.17) is 0 Å². The number of hydrogen-bond acceptors (Lipinski definition) is 3. The molecule has 5 heteroatoms. The molecule has 132 valence electrons. The Kier molecular flexibility index (Phi) is 7.20. The quantitative estimate of drug-likeness (QED) is 0.750. The van der Waals surface area contributed by atoms with E-state index in [1.165, 1.54) is 16.3 Å². The summed E-state index contributed by atoms with van der Waals surface area (Å²) in [6.45, 7) is 4.57. The second-order valence-electron chi connectivity index (χ2n) is 5.65. The minimum absolute atomic E-state index is 0.0699. The molecule has 0 saturated carbocycles. The Balaban J connectivity index is 1.83. The summed E-state index contributed by atoms with van der Waals surface area (Å²) in [5.74, 6) is 5.66. The number of benzene rings is 2. The molecule has 0 bridgehead atoms. The monoisotopic (exact) mass is 356 g/mol. The molecular formula is C20H24N2O2S. The molecule has 2 aromatic carbocycles. The first-order valence-corrected chi connectivity index (χ1v) is 10.0. The molecule has 0 unspecified atom stereocenters. The van der Waals surface area contributed by atoms with Crippen molar-refractivity contribution >= 4 is 20.8 Å². The normalized spacial score (nSPS) is 12.9. The van der Waals surface area contributed by atoms with Gasteiger partial charge in [-0.3, -0.25) is 0 Å². The van der Waals surface area contributed by atoms with Gasteiger partial charge in [0.1, 0.15) is 0 Å². The number of fused-ring (bicyclic) bond motifs is 1. The van der Waals surface area contributed by atoms with E-state index in [1.807, 2.05) is 12.1 Å². The van der Waals surface area contributed by atoms with E-state index in [1.54, 1.807) is 13.0 Å². The Morgan fingerprint density at radius 3 is 2.72 bits per heavy atom. The van der Waals surface area contributed by atoms with Crippen molar-refractivity contribution in [2.24, 2.45) is 0 Å². The summed E-state index contributed by atoms with van der Waals surface area (Å²) < 4.78 is 24.9. The molecule has 0 aliphatic heterocycles. The molecule has 0 aromatic heterocycles. The lowest BCUT2D eigenvalue weighted by Crippen LogP contribution is -2.25. The van der Waals surface area contributed by atoms with Crippen LogP contribution in [0.15, 0.2) is 54.6 Å². The zero-order valence-corrected chi connectivity index (χ0v) is 15.4. The van der Waals surface area contributed by atoms with Crippen molar-refractivity contribution in [3.8, 4) is 11.8 Å². The van der Waals surface area contributed by atoms with Gasteiger partial charge in [0, 0.05) is 12.6 Å². The van der Waals surface area contributed by atoms with Crippen LogP contribution in [0.25, 0.3) is 10.8 Å². The van der Waals surface area contributed by atoms with Crippen LogP contribution in [0.5, 0.6) is 0 Å². The summed E-state index contributed by atoms with van der Waals surface area (Å²) >= 11 is 0. The Bertz CT molecular complexity index is 887. The molecular weight excluding hydrogens is 332 g/mol. The van der Waals surface area contributed by atoms with Gasteiger partial charge in [-0.15, -0.1) is 0 Å². The molecule has 0 aliphatic carbocycles. The number of hydrogen-bond donors (Lipinski definition) is 2. The van der Waals surface area contributed by atoms with Gasteiger partial charge < -0.3 is 5.32 Å². The van der Waals surface area contributed by atoms with Crippen molar-refractivity contribution in [2.45, 2.75) is 19.9 Å². The van der Waals surface area contributed by atoms with Crippen molar-refractivity contribution in [1.82, 2.24) is 10.0 Å². The minimum atomic E-state index is -3.17. The second-order valence-corrected chi connectivity index (χ2v) is 7.74. The Morgan fingerprint density at radius 1 is 1.16 bits per heavy atom. The summed E-state index contributed by atoms with van der Waals surface area (Å²) in [7, 11) is -3.17. The van der Waals surface area contributed by atoms with Crippen LogP contribution in [-0.4, -0.2) is 27.3 Å². The van der Waals surface area contributed by atoms with E-state index >= 15 is 0 Å². The van der Waals surface area contributed by atoms with Gasteiger partial charge >= 0.3 is 0 Å². The van der Waals surface area contributed by atoms with E-state index in [9.17, 15) is 8.42 Å². The molecule has 0 heterocycles. The van der Waals surface area contributed by atoms with E-state index in [0.717, 1.165) is 0 Å². The molecule has 1 atom stereocenters. The van der Waals surface area contributed by atoms with Gasteiger partial charge in [0.2, 0.25) is 10.0 Å². The third-order valence-electron chi connectivity index (χ3n) is 3.90. The summed E-state index contributed by atoms with van der Waals surface area (Å²) in [4.78, 5) is 0. The largest absolute Gasteiger partial charge is 0.307 e. The highest BCUT2D eigenvalue weighted by atomic mass is 32.2. The van der Waals surface area contributed by atoms with Crippen LogP contribution >= 0.6 is 0 Å². The van der Waals surface area contributed by atoms with Crippen molar-refractivity contribution in [1.29, 1.82) is 0 Å². The van der Waals surface area contributed by atoms with Gasteiger partial charge in [-0.2, -0.15) is 0 Å². The average Bonchev–Trinajstić information content (AvgIpc) is 2.63. The predicted molar refractivity (Wildman–Crippen MR) is 105 cm³/mol. The third kappa shape index (κ3) is 6.02. The molecule has 25 heavy (non-hydrogen) atoms. The van der Waals surface area contributed by atoms with Crippen LogP contribution in [0.1, 0.15) is 25.5 Å². The van der Waals surface area contributed by atoms with Gasteiger partial charge in [-0.1, -0.05) is 60.4 Å². The molecule has 2 N–H and O–H groups in total. The standard InChI is InChI=1S/C20H24N2O2S/c1-3-25(23,24)22-16-9-5-4-8-15-21-17(2)19-14-10-12-18-11-6-7-13-20(18)19/h4,6-8,10-14,17,21-22H,3,15-16H2,1-2H3/t17-/m1/s1. The molecule has 0 saturated heterocycles. The van der Waals surface area contributed by atoms with Gasteiger partial charge in [0.25, 0.3) is 0 Å². The first-order valence-electron chi connectivity index (χ1n) is 8.35. The van der Waals surface area contributed by atoms with Gasteiger partial charge in [0.15, 0.2) is 0 Å². The van der Waals surface area contributed by atoms with Crippen LogP contribution < -0.4 is 10.0 Å². The van der Waals surface area contributed by atoms with Gasteiger partial charge in [-0.05, 0) is 36.3 Å². The number of nitrogens with one attached hydrogen (secondary N) is 2. The zero-order chi connectivity index (χ0) is 18.1. The molecule has 0 aliphatic rings. The van der Waals surface area contributed by atoms with E-state index < -0.39 is 10.0 Å². The summed E-state index contributed by atoms with van der Waals surface area (Å²) in [6.07, 6.45) is 3.67. The number of sulfonamides is 1. The lowest BCUT2D eigenvalue weighted by atomic mass is 10.00. The number of allylic oxidation sites excluding steroid dienone is 1. The number of rotatable bonds is 7. The third-order valence-corrected chi connectivity index (χ3v) is 5.24. The van der Waals surface area contributed by atoms with E-state index in [-0.39, 0.29) is 18.3 Å². The Hall–Kier alpha value is -2.13. The molecule has 2 rings (SSSR count). The summed E-state index contributed by atoms with van der Waals surface area (Å²) in [5.41, 5.74) is 1.27. The van der Waals surface area contributed by atoms with Crippen molar-refractivity contribution < 1.29 is 8.42 Å². The highest BCUT2D eigenvalue weighted by molar-refractivity contribution is 7.89. The van der Waals surface area contributed by atoms with Gasteiger partial charge in [-0.25, -0.2) is 13.1 Å². The average molecular weight is 356 g/mol. The topological polar surface area (TPSA) is 58.2 Å². The molecule has 4 nitrogen and oxygen atoms in total. The van der Waals surface area contributed by atoms with Crippen LogP contribution in [0, 0.1) is 11.8 Å². The van der Waals surface area contributed by atoms with Gasteiger partial charge in [0.05, 0.1) is 12.3 Å². The lowest BCUT2D eigenvalue weighted by molar-refractivity contribution is 0.587. The molecule has 0 fully saturated rings. The molecule has 2 aromatic rings. The van der Waals surface area contributed by atoms with Crippen molar-refractivity contribution in [3.05, 3.63) is 60.2 Å². The molecule has 0 spiro atoms. The Morgan fingerprint density at radius 2 is 1.92 bits per heavy atom. The minimum Gasteiger partial charge on any atom is -0.307 e. The molecule has 0 amide bonds. The predicted octanol–water partition coefficient (Wildman–Crippen LogP) is 2.99. The zero-order valence-electron chi connectivity index (χ0n) is 14.6. The first kappa shape index (κ1) is 19.2. The van der Waals surface area contributed by atoms with Crippen molar-refractivity contribution in [3.63, 3.8) is 0 Å². The smallest absolute Gasteiger partial charge is 0.212 e. The first-order chi connectivity index (χ1) is 12.0. The summed E-state index contributed by atoms with van der Waals surface area (Å²) in [6, 6.07) is 14.9. The fourth-order valence-corrected chi connectivity index (χ4v) is 2.95. The highest BCUT2D eigenvalue weighted by Gasteiger charge is 2.07. The van der Waals surface area contributed by atoms with Crippen LogP contribution in [-0.2, 0) is 10.0 Å². The fourth-order valence-electron chi connectivity index (χ4n) is 2.46. The highest BCUT2D eigenvalue weighted by Crippen LogP contribution is 2.23. The summed E-state index contributed by atoms with van der Waals surface area (Å²) in [5, 5.41) is 5.95. The lowest BCUT2D eigenvalue weighted by Gasteiger charge is -2.15.